The normalized spacial score (nSPS) is 11.8. The molecule has 0 aliphatic rings. The van der Waals surface area contributed by atoms with Crippen LogP contribution in [0.25, 0.3) is 21.9 Å². The van der Waals surface area contributed by atoms with Crippen molar-refractivity contribution in [3.05, 3.63) is 98.4 Å². The summed E-state index contributed by atoms with van der Waals surface area (Å²) in [6.07, 6.45) is -4.63. The van der Waals surface area contributed by atoms with Gasteiger partial charge in [0.2, 0.25) is 0 Å². The quantitative estimate of drug-likeness (QED) is 0.191. The van der Waals surface area contributed by atoms with E-state index in [1.165, 1.54) is 55.2 Å². The Balaban J connectivity index is 1.80. The van der Waals surface area contributed by atoms with Gasteiger partial charge in [-0.1, -0.05) is 30.0 Å². The number of fused-ring (bicyclic) bond motifs is 3. The van der Waals surface area contributed by atoms with E-state index in [1.54, 1.807) is 6.07 Å². The van der Waals surface area contributed by atoms with E-state index in [9.17, 15) is 32.3 Å². The van der Waals surface area contributed by atoms with Crippen LogP contribution < -0.4 is 20.7 Å². The third-order valence-corrected chi connectivity index (χ3v) is 7.22. The molecule has 206 valence electrons. The van der Waals surface area contributed by atoms with E-state index < -0.39 is 39.4 Å². The lowest BCUT2D eigenvalue weighted by atomic mass is 10.1. The number of aromatic nitrogens is 1. The summed E-state index contributed by atoms with van der Waals surface area (Å²) in [5, 5.41) is 11.0. The molecule has 0 spiro atoms. The highest BCUT2D eigenvalue weighted by Crippen LogP contribution is 2.41. The third kappa shape index (κ3) is 4.86. The van der Waals surface area contributed by atoms with Gasteiger partial charge in [0.05, 0.1) is 31.8 Å². The Hall–Kier alpha value is -4.45. The average Bonchev–Trinajstić information content (AvgIpc) is 2.92. The molecule has 0 bridgehead atoms. The summed E-state index contributed by atoms with van der Waals surface area (Å²) in [4.78, 5) is 26.4. The smallest absolute Gasteiger partial charge is 0.416 e. The summed E-state index contributed by atoms with van der Waals surface area (Å²) in [6.45, 7) is -0.132. The molecule has 12 heteroatoms. The van der Waals surface area contributed by atoms with E-state index in [2.05, 4.69) is 0 Å². The van der Waals surface area contributed by atoms with Crippen molar-refractivity contribution in [1.29, 1.82) is 0 Å². The molecule has 0 saturated heterocycles. The first kappa shape index (κ1) is 27.1. The van der Waals surface area contributed by atoms with Crippen molar-refractivity contribution in [2.45, 2.75) is 22.5 Å². The molecule has 0 unspecified atom stereocenters. The predicted molar refractivity (Wildman–Crippen MR) is 140 cm³/mol. The van der Waals surface area contributed by atoms with Crippen molar-refractivity contribution in [2.24, 2.45) is 0 Å². The van der Waals surface area contributed by atoms with Gasteiger partial charge in [0.25, 0.3) is 5.56 Å². The van der Waals surface area contributed by atoms with Gasteiger partial charge >= 0.3 is 11.8 Å². The van der Waals surface area contributed by atoms with Gasteiger partial charge in [-0.05, 0) is 42.0 Å². The van der Waals surface area contributed by atoms with E-state index in [0.29, 0.717) is 17.3 Å². The van der Waals surface area contributed by atoms with Crippen molar-refractivity contribution in [1.82, 2.24) is 4.57 Å². The average molecular weight is 574 g/mol. The Kier molecular flexibility index (Phi) is 6.96. The lowest BCUT2D eigenvalue weighted by Gasteiger charge is -2.16. The lowest BCUT2D eigenvalue weighted by Crippen LogP contribution is -2.23. The monoisotopic (exact) mass is 573 g/mol. The molecule has 0 radical (unpaired) electrons. The fourth-order valence-corrected chi connectivity index (χ4v) is 5.22. The maximum absolute atomic E-state index is 13.9. The van der Waals surface area contributed by atoms with Gasteiger partial charge in [-0.25, -0.2) is 9.18 Å². The minimum Gasteiger partial charge on any atom is -0.505 e. The standard InChI is InChI=1S/C28H19F4NO6S/c1-37-20-11-18-19(12-21(20)38-2)33(13-14-5-3-7-16(29)9-14)26(35)22-23(34)25(27(36)39-24(18)22)40-17-8-4-6-15(10-17)28(30,31)32/h3-12,34H,13H2,1-2H3. The summed E-state index contributed by atoms with van der Waals surface area (Å²) < 4.78 is 71.0. The van der Waals surface area contributed by atoms with E-state index in [4.69, 9.17) is 13.9 Å². The van der Waals surface area contributed by atoms with E-state index >= 15 is 0 Å². The highest BCUT2D eigenvalue weighted by Gasteiger charge is 2.31. The molecule has 0 saturated carbocycles. The van der Waals surface area contributed by atoms with Gasteiger partial charge in [-0.2, -0.15) is 13.2 Å². The SMILES string of the molecule is COc1cc2c3oc(=O)c(Sc4cccc(C(F)(F)F)c4)c(O)c3c(=O)n(Cc3cccc(F)c3)c2cc1OC. The first-order valence-electron chi connectivity index (χ1n) is 11.6. The highest BCUT2D eigenvalue weighted by atomic mass is 32.2. The summed E-state index contributed by atoms with van der Waals surface area (Å²) in [7, 11) is 2.77. The van der Waals surface area contributed by atoms with Crippen LogP contribution in [0.5, 0.6) is 17.2 Å². The molecule has 0 atom stereocenters. The molecule has 2 aromatic heterocycles. The van der Waals surface area contributed by atoms with Crippen molar-refractivity contribution in [3.8, 4) is 17.2 Å². The molecule has 0 aliphatic heterocycles. The zero-order valence-electron chi connectivity index (χ0n) is 20.8. The molecular formula is C28H19F4NO6S. The van der Waals surface area contributed by atoms with Crippen LogP contribution in [0.15, 0.2) is 84.5 Å². The van der Waals surface area contributed by atoms with Crippen LogP contribution in [0.1, 0.15) is 11.1 Å². The van der Waals surface area contributed by atoms with E-state index in [-0.39, 0.29) is 44.8 Å². The van der Waals surface area contributed by atoms with Crippen LogP contribution in [0.2, 0.25) is 0 Å². The maximum atomic E-state index is 13.9. The second-order valence-corrected chi connectivity index (χ2v) is 9.73. The molecule has 40 heavy (non-hydrogen) atoms. The van der Waals surface area contributed by atoms with Gasteiger partial charge in [-0.15, -0.1) is 0 Å². The zero-order chi connectivity index (χ0) is 28.8. The van der Waals surface area contributed by atoms with Crippen LogP contribution in [-0.2, 0) is 12.7 Å². The minimum atomic E-state index is -4.63. The number of pyridine rings is 1. The van der Waals surface area contributed by atoms with Crippen LogP contribution >= 0.6 is 11.8 Å². The Morgan fingerprint density at radius 1 is 0.975 bits per heavy atom. The van der Waals surface area contributed by atoms with Crippen molar-refractivity contribution in [2.75, 3.05) is 14.2 Å². The Morgan fingerprint density at radius 3 is 2.35 bits per heavy atom. The van der Waals surface area contributed by atoms with Crippen molar-refractivity contribution >= 4 is 33.6 Å². The number of methoxy groups -OCH3 is 2. The van der Waals surface area contributed by atoms with Crippen LogP contribution in [0.3, 0.4) is 0 Å². The Morgan fingerprint density at radius 2 is 1.68 bits per heavy atom. The number of hydrogen-bond acceptors (Lipinski definition) is 7. The summed E-state index contributed by atoms with van der Waals surface area (Å²) in [5.41, 5.74) is -2.40. The number of halogens is 4. The number of nitrogens with zero attached hydrogens (tertiary/aromatic N) is 1. The van der Waals surface area contributed by atoms with Gasteiger partial charge in [0.15, 0.2) is 22.8 Å². The molecule has 7 nitrogen and oxygen atoms in total. The molecule has 1 N–H and O–H groups in total. The molecule has 0 amide bonds. The predicted octanol–water partition coefficient (Wildman–Crippen LogP) is 6.19. The van der Waals surface area contributed by atoms with Gasteiger partial charge in [0, 0.05) is 16.3 Å². The highest BCUT2D eigenvalue weighted by molar-refractivity contribution is 7.99. The number of aromatic hydroxyl groups is 1. The van der Waals surface area contributed by atoms with Crippen molar-refractivity contribution in [3.63, 3.8) is 0 Å². The van der Waals surface area contributed by atoms with Crippen LogP contribution in [0.4, 0.5) is 17.6 Å². The van der Waals surface area contributed by atoms with Crippen LogP contribution in [-0.4, -0.2) is 23.9 Å². The topological polar surface area (TPSA) is 90.9 Å². The number of hydrogen-bond donors (Lipinski definition) is 1. The second kappa shape index (κ2) is 10.3. The number of ether oxygens (including phenoxy) is 2. The van der Waals surface area contributed by atoms with Gasteiger partial charge in [-0.3, -0.25) is 4.79 Å². The zero-order valence-corrected chi connectivity index (χ0v) is 21.7. The Labute approximate surface area is 227 Å². The third-order valence-electron chi connectivity index (χ3n) is 6.17. The van der Waals surface area contributed by atoms with Crippen molar-refractivity contribution < 1.29 is 36.6 Å². The fraction of sp³-hybridized carbons (Fsp3) is 0.143. The molecule has 2 heterocycles. The number of rotatable bonds is 6. The van der Waals surface area contributed by atoms with Gasteiger partial charge < -0.3 is 23.6 Å². The molecule has 5 aromatic rings. The molecule has 3 aromatic carbocycles. The van der Waals surface area contributed by atoms with Crippen LogP contribution in [0, 0.1) is 5.82 Å². The largest absolute Gasteiger partial charge is 0.505 e. The summed E-state index contributed by atoms with van der Waals surface area (Å²) >= 11 is 0.527. The fourth-order valence-electron chi connectivity index (χ4n) is 4.33. The first-order valence-corrected chi connectivity index (χ1v) is 12.4. The Bertz CT molecular complexity index is 1900. The second-order valence-electron chi connectivity index (χ2n) is 8.64. The minimum absolute atomic E-state index is 0.0101. The summed E-state index contributed by atoms with van der Waals surface area (Å²) in [6, 6.07) is 12.7. The van der Waals surface area contributed by atoms with E-state index in [1.807, 2.05) is 0 Å². The van der Waals surface area contributed by atoms with Gasteiger partial charge in [0.1, 0.15) is 16.1 Å². The van der Waals surface area contributed by atoms with E-state index in [0.717, 1.165) is 18.2 Å². The maximum Gasteiger partial charge on any atom is 0.416 e. The molecule has 5 rings (SSSR count). The molecule has 0 fully saturated rings. The number of benzene rings is 3. The summed E-state index contributed by atoms with van der Waals surface area (Å²) in [5.74, 6) is -0.798. The number of alkyl halides is 3. The molecule has 0 aliphatic carbocycles. The molecular weight excluding hydrogens is 554 g/mol. The lowest BCUT2D eigenvalue weighted by molar-refractivity contribution is -0.137. The first-order chi connectivity index (χ1) is 19.0.